The summed E-state index contributed by atoms with van der Waals surface area (Å²) in [4.78, 5) is 24.1. The molecule has 0 fully saturated rings. The van der Waals surface area contributed by atoms with Crippen LogP contribution in [0.1, 0.15) is 18.9 Å². The molecular weight excluding hydrogens is 348 g/mol. The van der Waals surface area contributed by atoms with Gasteiger partial charge in [-0.2, -0.15) is 0 Å². The van der Waals surface area contributed by atoms with E-state index in [1.54, 1.807) is 30.3 Å². The third-order valence-electron chi connectivity index (χ3n) is 3.68. The molecule has 0 spiro atoms. The number of ether oxygens (including phenoxy) is 3. The molecule has 2 amide bonds. The number of methoxy groups -OCH3 is 1. The smallest absolute Gasteiger partial charge is 0.279 e. The Kier molecular flexibility index (Phi) is 7.49. The lowest BCUT2D eigenvalue weighted by Crippen LogP contribution is -2.49. The summed E-state index contributed by atoms with van der Waals surface area (Å²) in [5, 5.41) is 0. The number of hydrazine groups is 1. The van der Waals surface area contributed by atoms with Gasteiger partial charge in [-0.05, 0) is 43.2 Å². The number of hydrogen-bond donors (Lipinski definition) is 2. The third-order valence-corrected chi connectivity index (χ3v) is 3.68. The van der Waals surface area contributed by atoms with Crippen LogP contribution in [0.25, 0.3) is 0 Å². The molecule has 1 unspecified atom stereocenters. The summed E-state index contributed by atoms with van der Waals surface area (Å²) in [6.45, 7) is 3.50. The van der Waals surface area contributed by atoms with E-state index in [1.165, 1.54) is 7.11 Å². The summed E-state index contributed by atoms with van der Waals surface area (Å²) < 4.78 is 16.2. The van der Waals surface area contributed by atoms with Crippen molar-refractivity contribution >= 4 is 11.8 Å². The van der Waals surface area contributed by atoms with E-state index in [0.717, 1.165) is 5.56 Å². The lowest BCUT2D eigenvalue weighted by atomic mass is 10.2. The maximum absolute atomic E-state index is 12.2. The number of amides is 2. The van der Waals surface area contributed by atoms with Gasteiger partial charge in [0.05, 0.1) is 7.11 Å². The second-order valence-electron chi connectivity index (χ2n) is 5.81. The van der Waals surface area contributed by atoms with Crippen LogP contribution in [-0.4, -0.2) is 31.6 Å². The van der Waals surface area contributed by atoms with Gasteiger partial charge in [0.15, 0.2) is 24.2 Å². The highest BCUT2D eigenvalue weighted by atomic mass is 16.5. The Morgan fingerprint density at radius 3 is 2.44 bits per heavy atom. The first-order valence-corrected chi connectivity index (χ1v) is 8.61. The molecule has 0 aliphatic heterocycles. The van der Waals surface area contributed by atoms with Crippen LogP contribution in [0.5, 0.6) is 17.2 Å². The zero-order valence-corrected chi connectivity index (χ0v) is 15.7. The highest BCUT2D eigenvalue weighted by Crippen LogP contribution is 2.25. The largest absolute Gasteiger partial charge is 0.493 e. The molecule has 0 aliphatic rings. The van der Waals surface area contributed by atoms with E-state index < -0.39 is 17.9 Å². The predicted molar refractivity (Wildman–Crippen MR) is 101 cm³/mol. The molecule has 0 radical (unpaired) electrons. The average Bonchev–Trinajstić information content (AvgIpc) is 2.68. The van der Waals surface area contributed by atoms with Crippen LogP contribution in [0.3, 0.4) is 0 Å². The summed E-state index contributed by atoms with van der Waals surface area (Å²) in [5.74, 6) is 0.620. The summed E-state index contributed by atoms with van der Waals surface area (Å²) in [7, 11) is 1.52. The number of nitrogens with one attached hydrogen (secondary N) is 2. The fourth-order valence-corrected chi connectivity index (χ4v) is 2.30. The second kappa shape index (κ2) is 10.1. The molecule has 2 aromatic carbocycles. The lowest BCUT2D eigenvalue weighted by Gasteiger charge is -2.18. The topological polar surface area (TPSA) is 85.9 Å². The normalized spacial score (nSPS) is 11.2. The molecule has 0 aliphatic carbocycles. The number of rotatable bonds is 8. The molecule has 2 aromatic rings. The molecule has 0 aromatic heterocycles. The van der Waals surface area contributed by atoms with Gasteiger partial charge in [-0.15, -0.1) is 0 Å². The maximum atomic E-state index is 12.2. The standard InChI is InChI=1S/C20H24N2O5/c1-4-16(27-15-9-7-8-14(2)12-15)20(24)22-21-19(23)13-26-18-11-6-5-10-17(18)25-3/h5-12,16H,4,13H2,1-3H3,(H,21,23)(H,22,24). The van der Waals surface area contributed by atoms with Crippen molar-refractivity contribution in [3.63, 3.8) is 0 Å². The molecule has 1 atom stereocenters. The Labute approximate surface area is 158 Å². The predicted octanol–water partition coefficient (Wildman–Crippen LogP) is 2.39. The van der Waals surface area contributed by atoms with E-state index in [2.05, 4.69) is 10.9 Å². The summed E-state index contributed by atoms with van der Waals surface area (Å²) in [6.07, 6.45) is -0.268. The van der Waals surface area contributed by atoms with Gasteiger partial charge in [-0.3, -0.25) is 20.4 Å². The van der Waals surface area contributed by atoms with E-state index in [-0.39, 0.29) is 6.61 Å². The first kappa shape index (κ1) is 20.1. The van der Waals surface area contributed by atoms with Crippen molar-refractivity contribution in [3.8, 4) is 17.2 Å². The first-order valence-electron chi connectivity index (χ1n) is 8.61. The van der Waals surface area contributed by atoms with Crippen LogP contribution >= 0.6 is 0 Å². The number of hydrogen-bond acceptors (Lipinski definition) is 5. The van der Waals surface area contributed by atoms with Crippen molar-refractivity contribution in [1.29, 1.82) is 0 Å². The minimum atomic E-state index is -0.720. The molecule has 0 heterocycles. The minimum Gasteiger partial charge on any atom is -0.493 e. The minimum absolute atomic E-state index is 0.268. The van der Waals surface area contributed by atoms with Crippen LogP contribution in [0.2, 0.25) is 0 Å². The van der Waals surface area contributed by atoms with Crippen molar-refractivity contribution < 1.29 is 23.8 Å². The molecule has 0 bridgehead atoms. The monoisotopic (exact) mass is 372 g/mol. The Hall–Kier alpha value is -3.22. The average molecular weight is 372 g/mol. The summed E-state index contributed by atoms with van der Waals surface area (Å²) >= 11 is 0. The molecule has 2 rings (SSSR count). The number of benzene rings is 2. The van der Waals surface area contributed by atoms with Crippen molar-refractivity contribution in [1.82, 2.24) is 10.9 Å². The molecule has 2 N–H and O–H groups in total. The Morgan fingerprint density at radius 2 is 1.78 bits per heavy atom. The van der Waals surface area contributed by atoms with Gasteiger partial charge in [0.2, 0.25) is 0 Å². The number of carbonyl (C=O) groups is 2. The molecule has 7 heteroatoms. The van der Waals surface area contributed by atoms with Gasteiger partial charge in [-0.1, -0.05) is 31.2 Å². The Bertz CT molecular complexity index is 778. The third kappa shape index (κ3) is 6.22. The van der Waals surface area contributed by atoms with Crippen molar-refractivity contribution in [3.05, 3.63) is 54.1 Å². The molecule has 7 nitrogen and oxygen atoms in total. The van der Waals surface area contributed by atoms with Gasteiger partial charge in [0, 0.05) is 0 Å². The zero-order valence-electron chi connectivity index (χ0n) is 15.7. The second-order valence-corrected chi connectivity index (χ2v) is 5.81. The van der Waals surface area contributed by atoms with Gasteiger partial charge in [-0.25, -0.2) is 0 Å². The highest BCUT2D eigenvalue weighted by Gasteiger charge is 2.19. The van der Waals surface area contributed by atoms with Crippen molar-refractivity contribution in [2.75, 3.05) is 13.7 Å². The van der Waals surface area contributed by atoms with Crippen LogP contribution in [0.15, 0.2) is 48.5 Å². The highest BCUT2D eigenvalue weighted by molar-refractivity contribution is 5.85. The van der Waals surface area contributed by atoms with E-state index in [9.17, 15) is 9.59 Å². The Morgan fingerprint density at radius 1 is 1.04 bits per heavy atom. The quantitative estimate of drug-likeness (QED) is 0.695. The van der Waals surface area contributed by atoms with E-state index in [4.69, 9.17) is 14.2 Å². The van der Waals surface area contributed by atoms with Crippen molar-refractivity contribution in [2.45, 2.75) is 26.4 Å². The Balaban J connectivity index is 1.81. The van der Waals surface area contributed by atoms with Crippen LogP contribution < -0.4 is 25.1 Å². The number of aryl methyl sites for hydroxylation is 1. The van der Waals surface area contributed by atoms with Gasteiger partial charge < -0.3 is 14.2 Å². The number of carbonyl (C=O) groups excluding carboxylic acids is 2. The van der Waals surface area contributed by atoms with Crippen molar-refractivity contribution in [2.24, 2.45) is 0 Å². The summed E-state index contributed by atoms with van der Waals surface area (Å²) in [5.41, 5.74) is 5.71. The van der Waals surface area contributed by atoms with Gasteiger partial charge in [0.25, 0.3) is 11.8 Å². The molecule has 0 saturated heterocycles. The van der Waals surface area contributed by atoms with E-state index in [0.29, 0.717) is 23.7 Å². The van der Waals surface area contributed by atoms with Crippen LogP contribution in [-0.2, 0) is 9.59 Å². The van der Waals surface area contributed by atoms with E-state index >= 15 is 0 Å². The summed E-state index contributed by atoms with van der Waals surface area (Å²) in [6, 6.07) is 14.4. The fourth-order valence-electron chi connectivity index (χ4n) is 2.30. The fraction of sp³-hybridized carbons (Fsp3) is 0.300. The zero-order chi connectivity index (χ0) is 19.6. The van der Waals surface area contributed by atoms with Crippen LogP contribution in [0, 0.1) is 6.92 Å². The van der Waals surface area contributed by atoms with E-state index in [1.807, 2.05) is 32.0 Å². The van der Waals surface area contributed by atoms with Gasteiger partial charge >= 0.3 is 0 Å². The molecule has 27 heavy (non-hydrogen) atoms. The van der Waals surface area contributed by atoms with Crippen LogP contribution in [0.4, 0.5) is 0 Å². The maximum Gasteiger partial charge on any atom is 0.279 e. The molecule has 144 valence electrons. The molecule has 0 saturated carbocycles. The number of para-hydroxylation sites is 2. The lowest BCUT2D eigenvalue weighted by molar-refractivity contribution is -0.134. The first-order chi connectivity index (χ1) is 13.0. The molecular formula is C20H24N2O5. The van der Waals surface area contributed by atoms with Gasteiger partial charge in [0.1, 0.15) is 5.75 Å². The SMILES string of the molecule is CCC(Oc1cccc(C)c1)C(=O)NNC(=O)COc1ccccc1OC.